The Morgan fingerprint density at radius 3 is 2.35 bits per heavy atom. The first kappa shape index (κ1) is 15.9. The maximum atomic E-state index is 11.7. The van der Waals surface area contributed by atoms with Gasteiger partial charge in [-0.25, -0.2) is 14.8 Å². The van der Waals surface area contributed by atoms with Crippen LogP contribution in [0.15, 0.2) is 6.20 Å². The van der Waals surface area contributed by atoms with E-state index in [-0.39, 0.29) is 24.1 Å². The van der Waals surface area contributed by atoms with Gasteiger partial charge in [-0.2, -0.15) is 0 Å². The summed E-state index contributed by atoms with van der Waals surface area (Å²) in [6.45, 7) is 3.84. The molecule has 1 rings (SSSR count). The summed E-state index contributed by atoms with van der Waals surface area (Å²) >= 11 is 0. The Balaban J connectivity index is 3.11. The fraction of sp³-hybridized carbons (Fsp3) is 0.538. The van der Waals surface area contributed by atoms with Crippen molar-refractivity contribution in [3.63, 3.8) is 0 Å². The van der Waals surface area contributed by atoms with Crippen LogP contribution in [0.2, 0.25) is 0 Å². The molecule has 0 unspecified atom stereocenters. The molecule has 0 saturated heterocycles. The van der Waals surface area contributed by atoms with Gasteiger partial charge in [0, 0.05) is 27.1 Å². The number of carboxylic acids is 1. The molecule has 0 atom stereocenters. The molecule has 7 heteroatoms. The summed E-state index contributed by atoms with van der Waals surface area (Å²) in [7, 11) is 4.93. The van der Waals surface area contributed by atoms with Crippen LogP contribution in [0.25, 0.3) is 0 Å². The Labute approximate surface area is 118 Å². The van der Waals surface area contributed by atoms with Gasteiger partial charge in [0.1, 0.15) is 5.82 Å². The van der Waals surface area contributed by atoms with Crippen LogP contribution in [0.3, 0.4) is 0 Å². The number of carboxylic acid groups (broad SMARTS) is 1. The number of aromatic nitrogens is 2. The van der Waals surface area contributed by atoms with Crippen LogP contribution in [0.1, 0.15) is 36.1 Å². The van der Waals surface area contributed by atoms with Crippen molar-refractivity contribution in [2.45, 2.75) is 19.8 Å². The summed E-state index contributed by atoms with van der Waals surface area (Å²) in [4.78, 5) is 34.2. The maximum Gasteiger partial charge on any atom is 0.356 e. The molecule has 0 spiro atoms. The van der Waals surface area contributed by atoms with Gasteiger partial charge in [0.25, 0.3) is 0 Å². The predicted molar refractivity (Wildman–Crippen MR) is 75.0 cm³/mol. The molecule has 7 nitrogen and oxygen atoms in total. The summed E-state index contributed by atoms with van der Waals surface area (Å²) in [6, 6.07) is 0. The van der Waals surface area contributed by atoms with E-state index in [0.29, 0.717) is 11.5 Å². The highest BCUT2D eigenvalue weighted by molar-refractivity contribution is 5.93. The third-order valence-electron chi connectivity index (χ3n) is 2.79. The Bertz CT molecular complexity index is 514. The summed E-state index contributed by atoms with van der Waals surface area (Å²) in [5.74, 6) is -0.750. The van der Waals surface area contributed by atoms with Crippen molar-refractivity contribution < 1.29 is 14.7 Å². The first-order valence-corrected chi connectivity index (χ1v) is 6.25. The number of carbonyl (C=O) groups excluding carboxylic acids is 1. The third-order valence-corrected chi connectivity index (χ3v) is 2.79. The number of aromatic carboxylic acids is 1. The number of hydrogen-bond donors (Lipinski definition) is 1. The second-order valence-corrected chi connectivity index (χ2v) is 5.07. The lowest BCUT2D eigenvalue weighted by molar-refractivity contribution is -0.127. The number of nitrogens with zero attached hydrogens (tertiary/aromatic N) is 4. The Kier molecular flexibility index (Phi) is 5.01. The number of amides is 1. The summed E-state index contributed by atoms with van der Waals surface area (Å²) in [5.41, 5.74) is 0.245. The molecule has 0 bridgehead atoms. The van der Waals surface area contributed by atoms with Crippen LogP contribution in [0.5, 0.6) is 0 Å². The SMILES string of the molecule is CC(C)c1ncc(N(C)CC(=O)N(C)C)c(C(=O)O)n1. The number of hydrogen-bond acceptors (Lipinski definition) is 5. The van der Waals surface area contributed by atoms with Crippen LogP contribution < -0.4 is 4.90 Å². The van der Waals surface area contributed by atoms with Crippen molar-refractivity contribution >= 4 is 17.6 Å². The van der Waals surface area contributed by atoms with E-state index in [9.17, 15) is 14.7 Å². The minimum atomic E-state index is -1.13. The third kappa shape index (κ3) is 3.66. The van der Waals surface area contributed by atoms with Crippen molar-refractivity contribution in [2.75, 3.05) is 32.6 Å². The monoisotopic (exact) mass is 280 g/mol. The molecule has 110 valence electrons. The molecule has 1 amide bonds. The summed E-state index contributed by atoms with van der Waals surface area (Å²) in [6.07, 6.45) is 1.45. The largest absolute Gasteiger partial charge is 0.476 e. The van der Waals surface area contributed by atoms with Gasteiger partial charge < -0.3 is 14.9 Å². The quantitative estimate of drug-likeness (QED) is 0.859. The highest BCUT2D eigenvalue weighted by atomic mass is 16.4. The molecule has 1 heterocycles. The van der Waals surface area contributed by atoms with Gasteiger partial charge >= 0.3 is 5.97 Å². The lowest BCUT2D eigenvalue weighted by Crippen LogP contribution is -2.35. The van der Waals surface area contributed by atoms with Crippen LogP contribution in [-0.4, -0.2) is 59.5 Å². The van der Waals surface area contributed by atoms with Gasteiger partial charge in [0.2, 0.25) is 5.91 Å². The highest BCUT2D eigenvalue weighted by Gasteiger charge is 2.20. The Morgan fingerprint density at radius 2 is 1.90 bits per heavy atom. The molecular formula is C13H20N4O3. The fourth-order valence-electron chi connectivity index (χ4n) is 1.53. The smallest absolute Gasteiger partial charge is 0.356 e. The average Bonchev–Trinajstić information content (AvgIpc) is 2.37. The minimum Gasteiger partial charge on any atom is -0.476 e. The van der Waals surface area contributed by atoms with E-state index in [0.717, 1.165) is 0 Å². The van der Waals surface area contributed by atoms with Crippen molar-refractivity contribution in [1.29, 1.82) is 0 Å². The van der Waals surface area contributed by atoms with Gasteiger partial charge in [-0.05, 0) is 0 Å². The van der Waals surface area contributed by atoms with Gasteiger partial charge in [0.15, 0.2) is 5.69 Å². The zero-order valence-corrected chi connectivity index (χ0v) is 12.4. The molecule has 20 heavy (non-hydrogen) atoms. The van der Waals surface area contributed by atoms with Crippen LogP contribution in [0, 0.1) is 0 Å². The van der Waals surface area contributed by atoms with Crippen molar-refractivity contribution in [3.05, 3.63) is 17.7 Å². The van der Waals surface area contributed by atoms with Gasteiger partial charge in [0.05, 0.1) is 18.4 Å². The number of rotatable bonds is 5. The molecule has 0 fully saturated rings. The molecule has 1 N–H and O–H groups in total. The minimum absolute atomic E-state index is 0.0378. The lowest BCUT2D eigenvalue weighted by Gasteiger charge is -2.22. The molecule has 0 saturated carbocycles. The van der Waals surface area contributed by atoms with E-state index >= 15 is 0 Å². The lowest BCUT2D eigenvalue weighted by atomic mass is 10.2. The van der Waals surface area contributed by atoms with Crippen LogP contribution >= 0.6 is 0 Å². The second-order valence-electron chi connectivity index (χ2n) is 5.07. The summed E-state index contributed by atoms with van der Waals surface area (Å²) < 4.78 is 0. The first-order valence-electron chi connectivity index (χ1n) is 6.25. The van der Waals surface area contributed by atoms with E-state index in [4.69, 9.17) is 0 Å². The molecular weight excluding hydrogens is 260 g/mol. The first-order chi connectivity index (χ1) is 9.23. The standard InChI is InChI=1S/C13H20N4O3/c1-8(2)12-14-6-9(11(15-12)13(19)20)17(5)7-10(18)16(3)4/h6,8H,7H2,1-5H3,(H,19,20). The summed E-state index contributed by atoms with van der Waals surface area (Å²) in [5, 5.41) is 9.25. The molecule has 0 aliphatic heterocycles. The van der Waals surface area contributed by atoms with Crippen molar-refractivity contribution in [2.24, 2.45) is 0 Å². The average molecular weight is 280 g/mol. The van der Waals surface area contributed by atoms with Crippen molar-refractivity contribution in [1.82, 2.24) is 14.9 Å². The molecule has 0 radical (unpaired) electrons. The Hall–Kier alpha value is -2.18. The predicted octanol–water partition coefficient (Wildman–Crippen LogP) is 0.823. The normalized spacial score (nSPS) is 10.5. The second kappa shape index (κ2) is 6.31. The maximum absolute atomic E-state index is 11.7. The van der Waals surface area contributed by atoms with E-state index in [1.54, 1.807) is 21.1 Å². The number of anilines is 1. The zero-order chi connectivity index (χ0) is 15.4. The van der Waals surface area contributed by atoms with E-state index < -0.39 is 5.97 Å². The molecule has 1 aromatic heterocycles. The highest BCUT2D eigenvalue weighted by Crippen LogP contribution is 2.19. The van der Waals surface area contributed by atoms with Crippen LogP contribution in [0.4, 0.5) is 5.69 Å². The van der Waals surface area contributed by atoms with E-state index in [2.05, 4.69) is 9.97 Å². The van der Waals surface area contributed by atoms with Gasteiger partial charge in [-0.1, -0.05) is 13.8 Å². The van der Waals surface area contributed by atoms with Crippen LogP contribution in [-0.2, 0) is 4.79 Å². The topological polar surface area (TPSA) is 86.6 Å². The number of carbonyl (C=O) groups is 2. The van der Waals surface area contributed by atoms with Gasteiger partial charge in [-0.15, -0.1) is 0 Å². The van der Waals surface area contributed by atoms with Crippen molar-refractivity contribution in [3.8, 4) is 0 Å². The fourth-order valence-corrected chi connectivity index (χ4v) is 1.53. The molecule has 0 aliphatic rings. The zero-order valence-electron chi connectivity index (χ0n) is 12.4. The molecule has 0 aliphatic carbocycles. The Morgan fingerprint density at radius 1 is 1.30 bits per heavy atom. The van der Waals surface area contributed by atoms with E-state index in [1.807, 2.05) is 13.8 Å². The molecule has 0 aromatic carbocycles. The number of likely N-dealkylation sites (N-methyl/N-ethyl adjacent to an activating group) is 2. The molecule has 1 aromatic rings. The van der Waals surface area contributed by atoms with Gasteiger partial charge in [-0.3, -0.25) is 4.79 Å². The van der Waals surface area contributed by atoms with E-state index in [1.165, 1.54) is 16.0 Å².